The summed E-state index contributed by atoms with van der Waals surface area (Å²) in [5, 5.41) is 4.51. The normalized spacial score (nSPS) is 12.6. The van der Waals surface area contributed by atoms with E-state index in [1.807, 2.05) is 13.0 Å². The van der Waals surface area contributed by atoms with Crippen LogP contribution < -0.4 is 0 Å². The van der Waals surface area contributed by atoms with E-state index in [0.717, 1.165) is 29.6 Å². The second kappa shape index (κ2) is 7.28. The van der Waals surface area contributed by atoms with Gasteiger partial charge in [0.1, 0.15) is 0 Å². The summed E-state index contributed by atoms with van der Waals surface area (Å²) in [4.78, 5) is 0. The van der Waals surface area contributed by atoms with Crippen molar-refractivity contribution in [3.05, 3.63) is 51.8 Å². The molecule has 0 aliphatic rings. The van der Waals surface area contributed by atoms with Gasteiger partial charge in [-0.05, 0) is 50.3 Å². The summed E-state index contributed by atoms with van der Waals surface area (Å²) in [6, 6.07) is 10.5. The van der Waals surface area contributed by atoms with Crippen LogP contribution in [0.2, 0.25) is 0 Å². The van der Waals surface area contributed by atoms with Crippen molar-refractivity contribution in [2.24, 2.45) is 5.92 Å². The molecule has 1 aromatic heterocycles. The van der Waals surface area contributed by atoms with Crippen molar-refractivity contribution in [2.75, 3.05) is 5.88 Å². The van der Waals surface area contributed by atoms with Gasteiger partial charge in [0.25, 0.3) is 0 Å². The molecule has 2 aromatic rings. The Morgan fingerprint density at radius 2 is 2.05 bits per heavy atom. The topological polar surface area (TPSA) is 17.8 Å². The first-order valence-electron chi connectivity index (χ1n) is 6.96. The van der Waals surface area contributed by atoms with Gasteiger partial charge in [-0.3, -0.25) is 4.68 Å². The van der Waals surface area contributed by atoms with E-state index in [0.29, 0.717) is 11.8 Å². The second-order valence-corrected chi connectivity index (χ2v) is 6.28. The Balaban J connectivity index is 2.11. The number of benzene rings is 1. The Morgan fingerprint density at radius 3 is 2.70 bits per heavy atom. The minimum absolute atomic E-state index is 0.428. The van der Waals surface area contributed by atoms with Gasteiger partial charge in [0.15, 0.2) is 0 Å². The molecule has 2 rings (SSSR count). The lowest BCUT2D eigenvalue weighted by Crippen LogP contribution is -2.14. The molecule has 1 atom stereocenters. The zero-order chi connectivity index (χ0) is 14.5. The second-order valence-electron chi connectivity index (χ2n) is 5.11. The molecule has 2 nitrogen and oxygen atoms in total. The third-order valence-electron chi connectivity index (χ3n) is 3.47. The van der Waals surface area contributed by atoms with E-state index in [1.165, 1.54) is 11.3 Å². The molecule has 1 heterocycles. The predicted octanol–water partition coefficient (Wildman–Crippen LogP) is 4.61. The number of aryl methyl sites for hydroxylation is 2. The molecule has 20 heavy (non-hydrogen) atoms. The predicted molar refractivity (Wildman–Crippen MR) is 88.4 cm³/mol. The molecular weight excluding hydrogens is 336 g/mol. The Labute approximate surface area is 134 Å². The minimum atomic E-state index is 0.428. The maximum absolute atomic E-state index is 6.18. The fourth-order valence-corrected chi connectivity index (χ4v) is 3.15. The van der Waals surface area contributed by atoms with Gasteiger partial charge in [-0.15, -0.1) is 11.6 Å². The molecule has 0 saturated heterocycles. The Hall–Kier alpha value is -0.800. The Morgan fingerprint density at radius 1 is 1.30 bits per heavy atom. The van der Waals surface area contributed by atoms with Crippen molar-refractivity contribution in [1.82, 2.24) is 9.78 Å². The van der Waals surface area contributed by atoms with Crippen LogP contribution in [0, 0.1) is 12.8 Å². The molecule has 0 fully saturated rings. The first-order chi connectivity index (χ1) is 9.63. The highest BCUT2D eigenvalue weighted by atomic mass is 79.9. The van der Waals surface area contributed by atoms with Gasteiger partial charge < -0.3 is 0 Å². The summed E-state index contributed by atoms with van der Waals surface area (Å²) in [5.41, 5.74) is 3.68. The van der Waals surface area contributed by atoms with Crippen LogP contribution in [0.3, 0.4) is 0 Å². The zero-order valence-electron chi connectivity index (χ0n) is 11.9. The summed E-state index contributed by atoms with van der Waals surface area (Å²) in [7, 11) is 0. The summed E-state index contributed by atoms with van der Waals surface area (Å²) in [6.07, 6.45) is 1.96. The fourth-order valence-electron chi connectivity index (χ4n) is 2.49. The van der Waals surface area contributed by atoms with Gasteiger partial charge in [0.2, 0.25) is 0 Å². The third-order valence-corrected chi connectivity index (χ3v) is 4.68. The molecule has 0 aliphatic carbocycles. The highest BCUT2D eigenvalue weighted by molar-refractivity contribution is 9.10. The van der Waals surface area contributed by atoms with Crippen LogP contribution in [0.25, 0.3) is 0 Å². The third kappa shape index (κ3) is 3.86. The van der Waals surface area contributed by atoms with Crippen LogP contribution in [0.1, 0.15) is 23.9 Å². The van der Waals surface area contributed by atoms with Crippen molar-refractivity contribution < 1.29 is 0 Å². The van der Waals surface area contributed by atoms with E-state index >= 15 is 0 Å². The van der Waals surface area contributed by atoms with Gasteiger partial charge in [-0.1, -0.05) is 34.1 Å². The first kappa shape index (κ1) is 15.6. The summed E-state index contributed by atoms with van der Waals surface area (Å²) in [6.45, 7) is 5.08. The minimum Gasteiger partial charge on any atom is -0.270 e. The average Bonchev–Trinajstić information content (AvgIpc) is 2.80. The summed E-state index contributed by atoms with van der Waals surface area (Å²) in [5.74, 6) is 1.09. The van der Waals surface area contributed by atoms with Gasteiger partial charge in [-0.25, -0.2) is 0 Å². The van der Waals surface area contributed by atoms with Gasteiger partial charge >= 0.3 is 0 Å². The van der Waals surface area contributed by atoms with Crippen LogP contribution in [0.15, 0.2) is 34.8 Å². The molecule has 0 aliphatic heterocycles. The maximum Gasteiger partial charge on any atom is 0.0596 e. The molecule has 1 aromatic carbocycles. The molecule has 0 saturated carbocycles. The number of aromatic nitrogens is 2. The number of halogens is 2. The smallest absolute Gasteiger partial charge is 0.0596 e. The van der Waals surface area contributed by atoms with Crippen LogP contribution >= 0.6 is 27.5 Å². The standard InChI is InChI=1S/C16H20BrClN2/c1-3-20-15(8-12(2)19-20)10-13(11-18)9-14-6-4-5-7-16(14)17/h4-8,13H,3,9-11H2,1-2H3. The van der Waals surface area contributed by atoms with E-state index in [2.05, 4.69) is 56.9 Å². The molecule has 0 bridgehead atoms. The maximum atomic E-state index is 6.18. The molecule has 0 amide bonds. The quantitative estimate of drug-likeness (QED) is 0.692. The van der Waals surface area contributed by atoms with E-state index in [-0.39, 0.29) is 0 Å². The summed E-state index contributed by atoms with van der Waals surface area (Å²) < 4.78 is 3.24. The summed E-state index contributed by atoms with van der Waals surface area (Å²) >= 11 is 9.79. The molecule has 1 unspecified atom stereocenters. The van der Waals surface area contributed by atoms with Crippen molar-refractivity contribution in [2.45, 2.75) is 33.2 Å². The van der Waals surface area contributed by atoms with Gasteiger partial charge in [0, 0.05) is 22.6 Å². The largest absolute Gasteiger partial charge is 0.270 e. The number of nitrogens with zero attached hydrogens (tertiary/aromatic N) is 2. The molecule has 0 N–H and O–H groups in total. The molecule has 108 valence electrons. The highest BCUT2D eigenvalue weighted by Gasteiger charge is 2.14. The lowest BCUT2D eigenvalue weighted by molar-refractivity contribution is 0.531. The Kier molecular flexibility index (Phi) is 5.67. The van der Waals surface area contributed by atoms with Crippen molar-refractivity contribution in [3.8, 4) is 0 Å². The van der Waals surface area contributed by atoms with E-state index in [9.17, 15) is 0 Å². The van der Waals surface area contributed by atoms with Crippen LogP contribution in [0.4, 0.5) is 0 Å². The fraction of sp³-hybridized carbons (Fsp3) is 0.438. The van der Waals surface area contributed by atoms with Crippen molar-refractivity contribution in [3.63, 3.8) is 0 Å². The number of hydrogen-bond donors (Lipinski definition) is 0. The highest BCUT2D eigenvalue weighted by Crippen LogP contribution is 2.22. The first-order valence-corrected chi connectivity index (χ1v) is 8.29. The monoisotopic (exact) mass is 354 g/mol. The van der Waals surface area contributed by atoms with Crippen LogP contribution in [0.5, 0.6) is 0 Å². The van der Waals surface area contributed by atoms with Crippen molar-refractivity contribution in [1.29, 1.82) is 0 Å². The van der Waals surface area contributed by atoms with E-state index in [1.54, 1.807) is 0 Å². The number of alkyl halides is 1. The molecule has 4 heteroatoms. The zero-order valence-corrected chi connectivity index (χ0v) is 14.3. The lowest BCUT2D eigenvalue weighted by Gasteiger charge is -2.15. The number of hydrogen-bond acceptors (Lipinski definition) is 1. The Bertz CT molecular complexity index is 565. The lowest BCUT2D eigenvalue weighted by atomic mass is 9.96. The molecular formula is C16H20BrClN2. The van der Waals surface area contributed by atoms with Gasteiger partial charge in [0.05, 0.1) is 5.69 Å². The van der Waals surface area contributed by atoms with E-state index < -0.39 is 0 Å². The van der Waals surface area contributed by atoms with E-state index in [4.69, 9.17) is 11.6 Å². The molecule has 0 radical (unpaired) electrons. The van der Waals surface area contributed by atoms with Crippen LogP contribution in [-0.2, 0) is 19.4 Å². The van der Waals surface area contributed by atoms with Gasteiger partial charge in [-0.2, -0.15) is 5.10 Å². The van der Waals surface area contributed by atoms with Crippen molar-refractivity contribution >= 4 is 27.5 Å². The average molecular weight is 356 g/mol. The molecule has 0 spiro atoms. The SMILES string of the molecule is CCn1nc(C)cc1CC(CCl)Cc1ccccc1Br. The van der Waals surface area contributed by atoms with Crippen LogP contribution in [-0.4, -0.2) is 15.7 Å². The number of rotatable bonds is 6.